The zero-order chi connectivity index (χ0) is 33.2. The molecular formula is C43H40IrN5. The zero-order valence-electron chi connectivity index (χ0n) is 28.5. The van der Waals surface area contributed by atoms with E-state index in [-0.39, 0.29) is 20.1 Å². The largest absolute Gasteiger partial charge is 3.00 e. The van der Waals surface area contributed by atoms with Gasteiger partial charge in [-0.1, -0.05) is 87.8 Å². The molecule has 0 atom stereocenters. The van der Waals surface area contributed by atoms with Crippen LogP contribution in [0.1, 0.15) is 50.7 Å². The van der Waals surface area contributed by atoms with E-state index in [1.165, 1.54) is 44.3 Å². The summed E-state index contributed by atoms with van der Waals surface area (Å²) in [6.45, 7) is 11.0. The Morgan fingerprint density at radius 2 is 1.43 bits per heavy atom. The number of imidazole rings is 1. The smallest absolute Gasteiger partial charge is 0.510 e. The summed E-state index contributed by atoms with van der Waals surface area (Å²) in [6, 6.07) is 44.7. The van der Waals surface area contributed by atoms with E-state index in [1.807, 2.05) is 55.4 Å². The molecule has 0 saturated heterocycles. The molecule has 6 heteroatoms. The summed E-state index contributed by atoms with van der Waals surface area (Å²) >= 11 is 0. The normalized spacial score (nSPS) is 12.6. The van der Waals surface area contributed by atoms with E-state index in [4.69, 9.17) is 0 Å². The summed E-state index contributed by atoms with van der Waals surface area (Å²) in [5.41, 5.74) is 9.60. The van der Waals surface area contributed by atoms with Crippen LogP contribution < -0.4 is 4.90 Å². The molecule has 0 spiro atoms. The van der Waals surface area contributed by atoms with Crippen LogP contribution in [0.4, 0.5) is 5.69 Å². The molecule has 49 heavy (non-hydrogen) atoms. The van der Waals surface area contributed by atoms with Crippen LogP contribution in [0, 0.1) is 18.8 Å². The third kappa shape index (κ3) is 6.72. The Hall–Kier alpha value is -4.90. The van der Waals surface area contributed by atoms with Crippen molar-refractivity contribution in [3.8, 4) is 22.8 Å². The molecule has 0 unspecified atom stereocenters. The number of fused-ring (bicyclic) bond motifs is 3. The van der Waals surface area contributed by atoms with E-state index in [1.54, 1.807) is 0 Å². The van der Waals surface area contributed by atoms with Crippen molar-refractivity contribution in [1.29, 1.82) is 0 Å². The third-order valence-corrected chi connectivity index (χ3v) is 8.83. The number of hydrogen-bond acceptors (Lipinski definition) is 3. The average molecular weight is 819 g/mol. The van der Waals surface area contributed by atoms with Gasteiger partial charge in [-0.3, -0.25) is 4.98 Å². The molecule has 0 fully saturated rings. The minimum atomic E-state index is 0. The van der Waals surface area contributed by atoms with Gasteiger partial charge in [-0.05, 0) is 66.0 Å². The van der Waals surface area contributed by atoms with Crippen molar-refractivity contribution >= 4 is 27.5 Å². The first kappa shape index (κ1) is 34.0. The Kier molecular flexibility index (Phi) is 10.2. The number of rotatable bonds is 6. The summed E-state index contributed by atoms with van der Waals surface area (Å²) in [5, 5.41) is 2.47. The predicted octanol–water partition coefficient (Wildman–Crippen LogP) is 10.5. The van der Waals surface area contributed by atoms with Crippen LogP contribution in [0.5, 0.6) is 0 Å². The number of hydrogen-bond donors (Lipinski definition) is 0. The molecule has 7 aromatic rings. The minimum Gasteiger partial charge on any atom is -0.510 e. The van der Waals surface area contributed by atoms with Gasteiger partial charge in [0.2, 0.25) is 0 Å². The van der Waals surface area contributed by atoms with Crippen molar-refractivity contribution in [2.24, 2.45) is 0 Å². The van der Waals surface area contributed by atoms with E-state index >= 15 is 0 Å². The van der Waals surface area contributed by atoms with Crippen LogP contribution in [0.15, 0.2) is 134 Å². The monoisotopic (exact) mass is 819 g/mol. The molecule has 0 saturated carbocycles. The molecule has 5 nitrogen and oxygen atoms in total. The van der Waals surface area contributed by atoms with Crippen molar-refractivity contribution in [3.63, 3.8) is 0 Å². The topological polar surface area (TPSA) is 29.2 Å². The molecule has 8 rings (SSSR count). The van der Waals surface area contributed by atoms with E-state index in [2.05, 4.69) is 156 Å². The predicted molar refractivity (Wildman–Crippen MR) is 199 cm³/mol. The minimum absolute atomic E-state index is 0. The molecule has 1 aliphatic rings. The molecule has 1 aliphatic heterocycles. The first-order valence-electron chi connectivity index (χ1n) is 16.6. The molecule has 3 heterocycles. The van der Waals surface area contributed by atoms with E-state index in [0.29, 0.717) is 11.8 Å². The number of para-hydroxylation sites is 3. The average Bonchev–Trinajstić information content (AvgIpc) is 3.86. The second kappa shape index (κ2) is 14.7. The molecule has 0 radical (unpaired) electrons. The zero-order valence-corrected chi connectivity index (χ0v) is 30.9. The van der Waals surface area contributed by atoms with Crippen molar-refractivity contribution in [1.82, 2.24) is 19.0 Å². The Morgan fingerprint density at radius 3 is 2.10 bits per heavy atom. The molecule has 246 valence electrons. The quantitative estimate of drug-likeness (QED) is 0.157. The fourth-order valence-electron chi connectivity index (χ4n) is 6.50. The fourth-order valence-corrected chi connectivity index (χ4v) is 6.50. The molecule has 0 N–H and O–H groups in total. The number of nitrogens with zero attached hydrogens (tertiary/aromatic N) is 5. The maximum absolute atomic E-state index is 4.60. The summed E-state index contributed by atoms with van der Waals surface area (Å²) in [6.07, 6.45) is 8.01. The molecule has 0 amide bonds. The van der Waals surface area contributed by atoms with Crippen molar-refractivity contribution < 1.29 is 20.1 Å². The van der Waals surface area contributed by atoms with Gasteiger partial charge in [0, 0.05) is 29.3 Å². The van der Waals surface area contributed by atoms with Crippen LogP contribution in [-0.4, -0.2) is 26.1 Å². The SMILES string of the molecule is CC(C)c1cccc(C(C)C)c1-n1ccnc1-c1[c-]cccc1.CN1C=CN(c2[c-]cc3c4ccccc4n(-c4ccccc4)c3c2)[CH-]1.[Ir+3]. The maximum Gasteiger partial charge on any atom is 3.00 e. The van der Waals surface area contributed by atoms with Gasteiger partial charge in [-0.2, -0.15) is 18.8 Å². The molecule has 0 aliphatic carbocycles. The molecule has 5 aromatic carbocycles. The summed E-state index contributed by atoms with van der Waals surface area (Å²) < 4.78 is 4.54. The van der Waals surface area contributed by atoms with Crippen molar-refractivity contribution in [3.05, 3.63) is 164 Å². The van der Waals surface area contributed by atoms with E-state index < -0.39 is 0 Å². The van der Waals surface area contributed by atoms with Gasteiger partial charge in [-0.25, -0.2) is 0 Å². The molecular weight excluding hydrogens is 779 g/mol. The van der Waals surface area contributed by atoms with Crippen molar-refractivity contribution in [2.75, 3.05) is 11.9 Å². The number of anilines is 1. The van der Waals surface area contributed by atoms with Crippen LogP contribution in [0.3, 0.4) is 0 Å². The third-order valence-electron chi connectivity index (χ3n) is 8.83. The second-order valence-corrected chi connectivity index (χ2v) is 12.8. The van der Waals surface area contributed by atoms with Gasteiger partial charge < -0.3 is 18.9 Å². The Bertz CT molecular complexity index is 2170. The summed E-state index contributed by atoms with van der Waals surface area (Å²) in [5.74, 6) is 1.86. The standard InChI is InChI=1S/C22H17N3.C21H23N2.Ir/c1-23-13-14-24(16-23)18-11-12-20-19-9-5-6-10-21(19)25(22(20)15-18)17-7-3-2-4-8-17;1-15(2)18-11-8-12-19(16(3)4)20(18)23-14-13-22-21(23)17-9-6-5-7-10-17;/h2-10,12-16H,1H3;5-9,11-16H,1-4H3;/q-2;-1;+3. The number of benzene rings is 5. The Balaban J connectivity index is 0.000000167. The van der Waals surface area contributed by atoms with Gasteiger partial charge in [0.1, 0.15) is 0 Å². The Morgan fingerprint density at radius 1 is 0.714 bits per heavy atom. The maximum atomic E-state index is 4.60. The number of aromatic nitrogens is 3. The fraction of sp³-hybridized carbons (Fsp3) is 0.163. The van der Waals surface area contributed by atoms with Gasteiger partial charge >= 0.3 is 20.1 Å². The summed E-state index contributed by atoms with van der Waals surface area (Å²) in [7, 11) is 2.02. The molecule has 0 bridgehead atoms. The van der Waals surface area contributed by atoms with Crippen LogP contribution >= 0.6 is 0 Å². The van der Waals surface area contributed by atoms with Gasteiger partial charge in [0.25, 0.3) is 0 Å². The van der Waals surface area contributed by atoms with Crippen LogP contribution in [0.25, 0.3) is 44.6 Å². The second-order valence-electron chi connectivity index (χ2n) is 12.8. The van der Waals surface area contributed by atoms with Gasteiger partial charge in [0.05, 0.1) is 5.82 Å². The Labute approximate surface area is 303 Å². The van der Waals surface area contributed by atoms with Crippen LogP contribution in [0.2, 0.25) is 0 Å². The first-order chi connectivity index (χ1) is 23.4. The van der Waals surface area contributed by atoms with E-state index in [0.717, 1.165) is 17.1 Å². The molecule has 2 aromatic heterocycles. The van der Waals surface area contributed by atoms with Crippen LogP contribution in [-0.2, 0) is 20.1 Å². The summed E-state index contributed by atoms with van der Waals surface area (Å²) in [4.78, 5) is 8.72. The van der Waals surface area contributed by atoms with E-state index in [9.17, 15) is 0 Å². The van der Waals surface area contributed by atoms with Crippen molar-refractivity contribution in [2.45, 2.75) is 39.5 Å². The first-order valence-corrected chi connectivity index (χ1v) is 16.6. The van der Waals surface area contributed by atoms with Gasteiger partial charge in [0.15, 0.2) is 0 Å². The van der Waals surface area contributed by atoms with Gasteiger partial charge in [-0.15, -0.1) is 53.0 Å².